The van der Waals surface area contributed by atoms with Gasteiger partial charge in [-0.15, -0.1) is 0 Å². The molecule has 1 fully saturated rings. The lowest BCUT2D eigenvalue weighted by Crippen LogP contribution is -2.34. The van der Waals surface area contributed by atoms with Gasteiger partial charge in [0.15, 0.2) is 5.17 Å². The Kier molecular flexibility index (Phi) is 3.10. The highest BCUT2D eigenvalue weighted by Crippen LogP contribution is 2.28. The van der Waals surface area contributed by atoms with E-state index in [-0.39, 0.29) is 17.2 Å². The third kappa shape index (κ3) is 2.28. The molecule has 0 aromatic heterocycles. The molecule has 0 N–H and O–H groups in total. The van der Waals surface area contributed by atoms with Crippen molar-refractivity contribution in [1.29, 1.82) is 0 Å². The second kappa shape index (κ2) is 4.77. The summed E-state index contributed by atoms with van der Waals surface area (Å²) in [6.45, 7) is 0.647. The Morgan fingerprint density at radius 1 is 1.37 bits per heavy atom. The van der Waals surface area contributed by atoms with Crippen molar-refractivity contribution < 1.29 is 13.6 Å². The fourth-order valence-electron chi connectivity index (χ4n) is 1.99. The van der Waals surface area contributed by atoms with Gasteiger partial charge in [-0.3, -0.25) is 9.69 Å². The van der Waals surface area contributed by atoms with Crippen LogP contribution in [0.1, 0.15) is 12.0 Å². The van der Waals surface area contributed by atoms with Crippen molar-refractivity contribution in [1.82, 2.24) is 4.90 Å². The predicted molar refractivity (Wildman–Crippen MR) is 70.6 cm³/mol. The Bertz CT molecular complexity index is 613. The second-order valence-electron chi connectivity index (χ2n) is 4.25. The Labute approximate surface area is 113 Å². The zero-order chi connectivity index (χ0) is 13.4. The van der Waals surface area contributed by atoms with Gasteiger partial charge in [0.2, 0.25) is 0 Å². The summed E-state index contributed by atoms with van der Waals surface area (Å²) in [5, 5.41) is 0.671. The highest BCUT2D eigenvalue weighted by molar-refractivity contribution is 8.13. The van der Waals surface area contributed by atoms with Gasteiger partial charge in [-0.1, -0.05) is 11.8 Å². The van der Waals surface area contributed by atoms with Crippen molar-refractivity contribution >= 4 is 28.9 Å². The van der Waals surface area contributed by atoms with Crippen LogP contribution in [-0.2, 0) is 4.79 Å². The van der Waals surface area contributed by atoms with Crippen LogP contribution in [0, 0.1) is 11.6 Å². The minimum absolute atomic E-state index is 0.166. The Balaban J connectivity index is 1.96. The van der Waals surface area contributed by atoms with Crippen molar-refractivity contribution in [3.05, 3.63) is 41.1 Å². The van der Waals surface area contributed by atoms with Crippen LogP contribution in [0.15, 0.2) is 28.9 Å². The van der Waals surface area contributed by atoms with Gasteiger partial charge in [0.1, 0.15) is 17.3 Å². The molecule has 3 rings (SSSR count). The van der Waals surface area contributed by atoms with Crippen LogP contribution in [-0.4, -0.2) is 28.3 Å². The van der Waals surface area contributed by atoms with Gasteiger partial charge in [0, 0.05) is 23.9 Å². The Morgan fingerprint density at radius 2 is 2.21 bits per heavy atom. The van der Waals surface area contributed by atoms with E-state index in [1.807, 2.05) is 0 Å². The van der Waals surface area contributed by atoms with Crippen molar-refractivity contribution in [3.8, 4) is 0 Å². The predicted octanol–water partition coefficient (Wildman–Crippen LogP) is 2.64. The summed E-state index contributed by atoms with van der Waals surface area (Å²) < 4.78 is 26.4. The summed E-state index contributed by atoms with van der Waals surface area (Å²) in [5.41, 5.74) is 0.369. The zero-order valence-corrected chi connectivity index (χ0v) is 10.7. The lowest BCUT2D eigenvalue weighted by molar-refractivity contribution is -0.122. The van der Waals surface area contributed by atoms with Gasteiger partial charge in [-0.2, -0.15) is 0 Å². The van der Waals surface area contributed by atoms with Crippen LogP contribution in [0.2, 0.25) is 0 Å². The normalized spacial score (nSPS) is 20.7. The molecule has 3 nitrogen and oxygen atoms in total. The van der Waals surface area contributed by atoms with Gasteiger partial charge >= 0.3 is 0 Å². The second-order valence-corrected chi connectivity index (χ2v) is 5.31. The molecule has 1 aromatic rings. The number of halogens is 2. The highest BCUT2D eigenvalue weighted by Gasteiger charge is 2.32. The molecule has 0 unspecified atom stereocenters. The maximum absolute atomic E-state index is 13.5. The summed E-state index contributed by atoms with van der Waals surface area (Å²) >= 11 is 1.52. The molecule has 19 heavy (non-hydrogen) atoms. The Morgan fingerprint density at radius 3 is 2.95 bits per heavy atom. The average molecular weight is 280 g/mol. The van der Waals surface area contributed by atoms with Crippen molar-refractivity contribution in [3.63, 3.8) is 0 Å². The van der Waals surface area contributed by atoms with Gasteiger partial charge < -0.3 is 0 Å². The summed E-state index contributed by atoms with van der Waals surface area (Å²) in [7, 11) is 0. The SMILES string of the molecule is O=C1/C(=C/c2ccc(F)cc2F)N=C2SCCCN12. The van der Waals surface area contributed by atoms with Gasteiger partial charge in [-0.25, -0.2) is 13.8 Å². The van der Waals surface area contributed by atoms with E-state index in [2.05, 4.69) is 4.99 Å². The highest BCUT2D eigenvalue weighted by atomic mass is 32.2. The average Bonchev–Trinajstić information content (AvgIpc) is 2.70. The molecule has 0 saturated carbocycles. The molecule has 0 atom stereocenters. The molecule has 0 bridgehead atoms. The van der Waals surface area contributed by atoms with E-state index in [0.29, 0.717) is 11.7 Å². The van der Waals surface area contributed by atoms with E-state index >= 15 is 0 Å². The van der Waals surface area contributed by atoms with Gasteiger partial charge in [0.05, 0.1) is 0 Å². The van der Waals surface area contributed by atoms with Crippen LogP contribution < -0.4 is 0 Å². The first-order chi connectivity index (χ1) is 9.15. The number of amidine groups is 1. The molecule has 2 aliphatic rings. The molecular weight excluding hydrogens is 270 g/mol. The number of carbonyl (C=O) groups is 1. The molecule has 0 spiro atoms. The standard InChI is InChI=1S/C13H10F2N2OS/c14-9-3-2-8(10(15)7-9)6-11-12(18)17-4-1-5-19-13(17)16-11/h2-3,6-7H,1,4-5H2/b11-6-. The molecule has 1 amide bonds. The number of fused-ring (bicyclic) bond motifs is 1. The monoisotopic (exact) mass is 280 g/mol. The quantitative estimate of drug-likeness (QED) is 0.741. The summed E-state index contributed by atoms with van der Waals surface area (Å²) in [6, 6.07) is 3.25. The maximum Gasteiger partial charge on any atom is 0.278 e. The van der Waals surface area contributed by atoms with E-state index in [1.165, 1.54) is 23.9 Å². The molecule has 1 saturated heterocycles. The number of thioether (sulfide) groups is 1. The van der Waals surface area contributed by atoms with Crippen LogP contribution in [0.4, 0.5) is 8.78 Å². The van der Waals surface area contributed by atoms with E-state index in [9.17, 15) is 13.6 Å². The van der Waals surface area contributed by atoms with E-state index in [1.54, 1.807) is 4.90 Å². The van der Waals surface area contributed by atoms with Crippen LogP contribution in [0.5, 0.6) is 0 Å². The number of amides is 1. The molecule has 2 heterocycles. The first kappa shape index (κ1) is 12.3. The fraction of sp³-hybridized carbons (Fsp3) is 0.231. The number of aliphatic imine (C=N–C) groups is 1. The first-order valence-corrected chi connectivity index (χ1v) is 6.84. The Hall–Kier alpha value is -1.69. The van der Waals surface area contributed by atoms with E-state index in [4.69, 9.17) is 0 Å². The number of benzene rings is 1. The maximum atomic E-state index is 13.5. The lowest BCUT2D eigenvalue weighted by atomic mass is 10.1. The van der Waals surface area contributed by atoms with E-state index < -0.39 is 11.6 Å². The minimum atomic E-state index is -0.696. The topological polar surface area (TPSA) is 32.7 Å². The van der Waals surface area contributed by atoms with Crippen molar-refractivity contribution in [2.75, 3.05) is 12.3 Å². The van der Waals surface area contributed by atoms with Crippen LogP contribution >= 0.6 is 11.8 Å². The van der Waals surface area contributed by atoms with Crippen molar-refractivity contribution in [2.24, 2.45) is 4.99 Å². The summed E-state index contributed by atoms with van der Waals surface area (Å²) in [4.78, 5) is 17.9. The van der Waals surface area contributed by atoms with Gasteiger partial charge in [-0.05, 0) is 24.6 Å². The molecule has 0 aliphatic carbocycles. The van der Waals surface area contributed by atoms with E-state index in [0.717, 1.165) is 24.3 Å². The number of hydrogen-bond acceptors (Lipinski definition) is 3. The van der Waals surface area contributed by atoms with Crippen LogP contribution in [0.3, 0.4) is 0 Å². The molecule has 0 radical (unpaired) electrons. The number of nitrogens with zero attached hydrogens (tertiary/aromatic N) is 2. The number of hydrogen-bond donors (Lipinski definition) is 0. The third-order valence-corrected chi connectivity index (χ3v) is 3.99. The number of rotatable bonds is 1. The minimum Gasteiger partial charge on any atom is -0.286 e. The fourth-order valence-corrected chi connectivity index (χ4v) is 2.94. The summed E-state index contributed by atoms with van der Waals surface area (Å²) in [6.07, 6.45) is 2.29. The zero-order valence-electron chi connectivity index (χ0n) is 9.90. The molecule has 98 valence electrons. The largest absolute Gasteiger partial charge is 0.286 e. The number of carbonyl (C=O) groups excluding carboxylic acids is 1. The molecular formula is C13H10F2N2OS. The van der Waals surface area contributed by atoms with Crippen LogP contribution in [0.25, 0.3) is 6.08 Å². The van der Waals surface area contributed by atoms with Gasteiger partial charge in [0.25, 0.3) is 5.91 Å². The lowest BCUT2D eigenvalue weighted by Gasteiger charge is -2.21. The molecule has 6 heteroatoms. The molecule has 2 aliphatic heterocycles. The third-order valence-electron chi connectivity index (χ3n) is 2.92. The molecule has 1 aromatic carbocycles. The smallest absolute Gasteiger partial charge is 0.278 e. The van der Waals surface area contributed by atoms with Crippen molar-refractivity contribution in [2.45, 2.75) is 6.42 Å². The summed E-state index contributed by atoms with van der Waals surface area (Å²) in [5.74, 6) is -0.624. The first-order valence-electron chi connectivity index (χ1n) is 5.85.